The van der Waals surface area contributed by atoms with Gasteiger partial charge in [0.1, 0.15) is 0 Å². The Balaban J connectivity index is -0.00000000500. The Morgan fingerprint density at radius 1 is 1.25 bits per heavy atom. The summed E-state index contributed by atoms with van der Waals surface area (Å²) in [4.78, 5) is 0. The molecule has 0 aromatic heterocycles. The molecule has 0 spiro atoms. The molecule has 0 aromatic rings. The predicted octanol–water partition coefficient (Wildman–Crippen LogP) is -0.336. The maximum absolute atomic E-state index is 7.83. The zero-order chi connectivity index (χ0) is 2.00. The Morgan fingerprint density at radius 3 is 1.25 bits per heavy atom. The average Bonchev–Trinajstić information content (AvgIpc) is 1.00. The molecule has 4 heteroatoms. The third-order valence-corrected chi connectivity index (χ3v) is 0. The molecule has 1 nitrogen and oxygen atoms in total. The Kier molecular flexibility index (Phi) is 66.2. The fourth-order valence-electron chi connectivity index (χ4n) is 0. The second-order valence-electron chi connectivity index (χ2n) is 0. The largest absolute Gasteiger partial charge is 0.197 e. The Bertz CT molecular complexity index is 8.00. The number of hydrogen-bond acceptors (Lipinski definition) is 2. The zero-order valence-electron chi connectivity index (χ0n) is 1.55. The number of rotatable bonds is 0. The maximum atomic E-state index is 7.83. The van der Waals surface area contributed by atoms with Gasteiger partial charge in [-0.2, -0.15) is 4.21 Å². The molecule has 1 radical (unpaired) electrons. The van der Waals surface area contributed by atoms with E-state index in [2.05, 4.69) is 12.5 Å². The van der Waals surface area contributed by atoms with Crippen molar-refractivity contribution in [1.82, 2.24) is 0 Å². The van der Waals surface area contributed by atoms with Crippen molar-refractivity contribution in [2.45, 2.75) is 0 Å². The molecule has 0 saturated heterocycles. The van der Waals surface area contributed by atoms with Gasteiger partial charge in [-0.15, -0.1) is 0 Å². The van der Waals surface area contributed by atoms with E-state index >= 15 is 0 Å². The summed E-state index contributed by atoms with van der Waals surface area (Å²) in [5.74, 6) is 0. The van der Waals surface area contributed by atoms with Gasteiger partial charge in [-0.05, 0) is 0 Å². The standard InChI is InChI=1S/Eu.Gd.OS/c;;1-2. The summed E-state index contributed by atoms with van der Waals surface area (Å²) in [7, 11) is 0. The first-order valence-electron chi connectivity index (χ1n) is 0.167. The van der Waals surface area contributed by atoms with E-state index in [-0.39, 0.29) is 89.3 Å². The fourth-order valence-corrected chi connectivity index (χ4v) is 0. The van der Waals surface area contributed by atoms with Crippen LogP contribution in [0.25, 0.3) is 0 Å². The molecule has 0 bridgehead atoms. The average molecular weight is 357 g/mol. The van der Waals surface area contributed by atoms with Crippen molar-refractivity contribution in [2.75, 3.05) is 0 Å². The molecule has 4 heavy (non-hydrogen) atoms. The van der Waals surface area contributed by atoms with Crippen molar-refractivity contribution in [2.24, 2.45) is 0 Å². The molecule has 0 saturated carbocycles. The summed E-state index contributed by atoms with van der Waals surface area (Å²) < 4.78 is 7.83. The van der Waals surface area contributed by atoms with E-state index in [1.54, 1.807) is 0 Å². The minimum Gasteiger partial charge on any atom is -0.197 e. The van der Waals surface area contributed by atoms with Crippen LogP contribution in [0, 0.1) is 89.3 Å². The number of hydrogen-bond donors (Lipinski definition) is 0. The molecule has 0 amide bonds. The smallest absolute Gasteiger partial charge is 0.197 e. The third-order valence-electron chi connectivity index (χ3n) is 0. The normalized spacial score (nSPS) is 1.00. The monoisotopic (exact) mass is 359 g/mol. The molecule has 0 rings (SSSR count). The van der Waals surface area contributed by atoms with Crippen LogP contribution in [0.2, 0.25) is 0 Å². The van der Waals surface area contributed by atoms with Gasteiger partial charge in [0.05, 0.1) is 0 Å². The van der Waals surface area contributed by atoms with Crippen LogP contribution in [-0.4, -0.2) is 4.21 Å². The molecular weight excluding hydrogens is 357 g/mol. The van der Waals surface area contributed by atoms with Crippen molar-refractivity contribution >= 4 is 12.5 Å². The summed E-state index contributed by atoms with van der Waals surface area (Å²) in [6.07, 6.45) is 0. The first kappa shape index (κ1) is 15.8. The van der Waals surface area contributed by atoms with E-state index < -0.39 is 0 Å². The molecule has 0 heterocycles. The molecule has 0 aliphatic heterocycles. The van der Waals surface area contributed by atoms with Crippen LogP contribution < -0.4 is 0 Å². The van der Waals surface area contributed by atoms with Gasteiger partial charge < -0.3 is 0 Å². The van der Waals surface area contributed by atoms with Crippen LogP contribution in [0.15, 0.2) is 0 Å². The van der Waals surface area contributed by atoms with E-state index in [1.165, 1.54) is 0 Å². The van der Waals surface area contributed by atoms with E-state index in [4.69, 9.17) is 4.21 Å². The summed E-state index contributed by atoms with van der Waals surface area (Å²) in [6, 6.07) is 0. The van der Waals surface area contributed by atoms with Gasteiger partial charge in [0.2, 0.25) is 0 Å². The second-order valence-corrected chi connectivity index (χ2v) is 0. The van der Waals surface area contributed by atoms with E-state index in [0.29, 0.717) is 0 Å². The Labute approximate surface area is 103 Å². The van der Waals surface area contributed by atoms with Gasteiger partial charge in [-0.1, -0.05) is 0 Å². The fraction of sp³-hybridized carbons (Fsp3) is 0. The Morgan fingerprint density at radius 2 is 1.25 bits per heavy atom. The maximum Gasteiger partial charge on any atom is 0.197 e. The van der Waals surface area contributed by atoms with Crippen LogP contribution >= 0.6 is 0 Å². The van der Waals surface area contributed by atoms with Gasteiger partial charge in [0.15, 0.2) is 12.5 Å². The van der Waals surface area contributed by atoms with Crippen LogP contribution in [0.1, 0.15) is 0 Å². The molecular formula is EuGdOS. The van der Waals surface area contributed by atoms with Crippen molar-refractivity contribution in [3.05, 3.63) is 0 Å². The minimum atomic E-state index is 0. The summed E-state index contributed by atoms with van der Waals surface area (Å²) >= 11 is 2.83. The van der Waals surface area contributed by atoms with E-state index in [0.717, 1.165) is 0 Å². The van der Waals surface area contributed by atoms with Gasteiger partial charge in [-0.3, -0.25) is 0 Å². The molecule has 0 fully saturated rings. The van der Waals surface area contributed by atoms with Gasteiger partial charge in [0.25, 0.3) is 0 Å². The first-order chi connectivity index (χ1) is 1.00. The summed E-state index contributed by atoms with van der Waals surface area (Å²) in [5.41, 5.74) is 0. The third kappa shape index (κ3) is 8.87. The Hall–Kier alpha value is 2.93. The topological polar surface area (TPSA) is 17.1 Å². The minimum absolute atomic E-state index is 0. The van der Waals surface area contributed by atoms with Crippen molar-refractivity contribution in [1.29, 1.82) is 0 Å². The van der Waals surface area contributed by atoms with E-state index in [9.17, 15) is 0 Å². The van der Waals surface area contributed by atoms with Crippen LogP contribution in [0.5, 0.6) is 0 Å². The molecule has 0 aliphatic rings. The SMILES string of the molecule is O=S.[Eu].[Gd]. The van der Waals surface area contributed by atoms with Crippen molar-refractivity contribution in [3.63, 3.8) is 0 Å². The quantitative estimate of drug-likeness (QED) is 0.590. The summed E-state index contributed by atoms with van der Waals surface area (Å²) in [5, 5.41) is 0. The molecule has 0 unspecified atom stereocenters. The second kappa shape index (κ2) is 16.8. The van der Waals surface area contributed by atoms with E-state index in [1.807, 2.05) is 0 Å². The van der Waals surface area contributed by atoms with Crippen LogP contribution in [0.4, 0.5) is 0 Å². The van der Waals surface area contributed by atoms with Crippen molar-refractivity contribution < 1.29 is 93.5 Å². The predicted molar refractivity (Wildman–Crippen MR) is 8.14 cm³/mol. The first-order valence-corrected chi connectivity index (χ1v) is 0.500. The van der Waals surface area contributed by atoms with Crippen LogP contribution in [-0.2, 0) is 12.5 Å². The zero-order valence-corrected chi connectivity index (χ0v) is 7.06. The molecule has 0 aliphatic carbocycles. The van der Waals surface area contributed by atoms with Crippen molar-refractivity contribution in [3.8, 4) is 0 Å². The molecule has 0 atom stereocenters. The summed E-state index contributed by atoms with van der Waals surface area (Å²) in [6.45, 7) is 0. The molecule has 0 aromatic carbocycles. The van der Waals surface area contributed by atoms with Gasteiger partial charge >= 0.3 is 0 Å². The van der Waals surface area contributed by atoms with Gasteiger partial charge in [0, 0.05) is 89.3 Å². The van der Waals surface area contributed by atoms with Gasteiger partial charge in [-0.25, -0.2) is 0 Å². The molecule has 27 valence electrons. The van der Waals surface area contributed by atoms with Crippen LogP contribution in [0.3, 0.4) is 0 Å². The molecule has 0 N–H and O–H groups in total.